The first kappa shape index (κ1) is 14.8. The van der Waals surface area contributed by atoms with E-state index in [1.807, 2.05) is 0 Å². The first-order valence-corrected chi connectivity index (χ1v) is 5.89. The van der Waals surface area contributed by atoms with Crippen molar-refractivity contribution in [3.05, 3.63) is 35.1 Å². The molecule has 0 radical (unpaired) electrons. The molecule has 1 rings (SSSR count). The minimum absolute atomic E-state index is 0.0969. The van der Waals surface area contributed by atoms with E-state index in [2.05, 4.69) is 5.32 Å². The molecule has 0 saturated heterocycles. The summed E-state index contributed by atoms with van der Waals surface area (Å²) in [6.45, 7) is 3.43. The number of amides is 1. The van der Waals surface area contributed by atoms with Gasteiger partial charge in [-0.2, -0.15) is 0 Å². The van der Waals surface area contributed by atoms with Crippen molar-refractivity contribution in [2.24, 2.45) is 0 Å². The van der Waals surface area contributed by atoms with Crippen molar-refractivity contribution in [1.29, 1.82) is 0 Å². The zero-order valence-electron chi connectivity index (χ0n) is 9.99. The van der Waals surface area contributed by atoms with Gasteiger partial charge in [0.05, 0.1) is 5.54 Å². The standard InChI is InChI=1S/C12H13ClF3NO/c1-3-12(2,6-13)17-11(18)10-8(15)4-7(14)5-9(10)16/h4-5H,3,6H2,1-2H3,(H,17,18). The molecule has 1 atom stereocenters. The van der Waals surface area contributed by atoms with E-state index in [0.717, 1.165) is 0 Å². The molecule has 2 nitrogen and oxygen atoms in total. The molecule has 0 aliphatic carbocycles. The van der Waals surface area contributed by atoms with Gasteiger partial charge in [0.2, 0.25) is 0 Å². The summed E-state index contributed by atoms with van der Waals surface area (Å²) in [5.74, 6) is -4.40. The highest BCUT2D eigenvalue weighted by Crippen LogP contribution is 2.17. The van der Waals surface area contributed by atoms with E-state index in [1.165, 1.54) is 0 Å². The Balaban J connectivity index is 3.05. The Morgan fingerprint density at radius 1 is 1.33 bits per heavy atom. The van der Waals surface area contributed by atoms with Gasteiger partial charge in [-0.25, -0.2) is 13.2 Å². The summed E-state index contributed by atoms with van der Waals surface area (Å²) in [7, 11) is 0. The summed E-state index contributed by atoms with van der Waals surface area (Å²) < 4.78 is 39.5. The maximum atomic E-state index is 13.4. The van der Waals surface area contributed by atoms with Gasteiger partial charge in [-0.15, -0.1) is 11.6 Å². The minimum atomic E-state index is -1.24. The van der Waals surface area contributed by atoms with Crippen molar-refractivity contribution < 1.29 is 18.0 Å². The number of halogens is 4. The van der Waals surface area contributed by atoms with Gasteiger partial charge < -0.3 is 5.32 Å². The Hall–Kier alpha value is -1.23. The summed E-state index contributed by atoms with van der Waals surface area (Å²) in [6, 6.07) is 0.921. The highest BCUT2D eigenvalue weighted by molar-refractivity contribution is 6.18. The van der Waals surface area contributed by atoms with Gasteiger partial charge >= 0.3 is 0 Å². The van der Waals surface area contributed by atoms with Gasteiger partial charge in [0, 0.05) is 18.0 Å². The first-order chi connectivity index (χ1) is 8.33. The molecule has 1 unspecified atom stereocenters. The smallest absolute Gasteiger partial charge is 0.257 e. The van der Waals surface area contributed by atoms with Crippen LogP contribution in [0, 0.1) is 17.5 Å². The molecule has 0 bridgehead atoms. The van der Waals surface area contributed by atoms with Crippen LogP contribution in [-0.4, -0.2) is 17.3 Å². The molecule has 0 fully saturated rings. The van der Waals surface area contributed by atoms with Crippen LogP contribution in [-0.2, 0) is 0 Å². The predicted molar refractivity (Wildman–Crippen MR) is 63.2 cm³/mol. The third-order valence-corrected chi connectivity index (χ3v) is 3.31. The number of hydrogen-bond donors (Lipinski definition) is 1. The summed E-state index contributed by atoms with van der Waals surface area (Å²) in [5, 5.41) is 2.44. The Labute approximate surface area is 108 Å². The number of carbonyl (C=O) groups is 1. The molecule has 0 spiro atoms. The molecule has 1 aromatic rings. The summed E-state index contributed by atoms with van der Waals surface area (Å²) in [6.07, 6.45) is 0.493. The normalized spacial score (nSPS) is 14.1. The lowest BCUT2D eigenvalue weighted by Crippen LogP contribution is -2.47. The van der Waals surface area contributed by atoms with Crippen LogP contribution >= 0.6 is 11.6 Å². The van der Waals surface area contributed by atoms with E-state index < -0.39 is 34.5 Å². The van der Waals surface area contributed by atoms with Gasteiger partial charge in [-0.3, -0.25) is 4.79 Å². The topological polar surface area (TPSA) is 29.1 Å². The zero-order valence-corrected chi connectivity index (χ0v) is 10.7. The van der Waals surface area contributed by atoms with Gasteiger partial charge in [-0.05, 0) is 13.3 Å². The molecule has 6 heteroatoms. The van der Waals surface area contributed by atoms with E-state index in [4.69, 9.17) is 11.6 Å². The molecule has 0 aliphatic rings. The third-order valence-electron chi connectivity index (χ3n) is 2.72. The van der Waals surface area contributed by atoms with Crippen molar-refractivity contribution >= 4 is 17.5 Å². The Bertz CT molecular complexity index is 438. The summed E-state index contributed by atoms with van der Waals surface area (Å²) >= 11 is 5.68. The lowest BCUT2D eigenvalue weighted by atomic mass is 10.0. The maximum Gasteiger partial charge on any atom is 0.257 e. The van der Waals surface area contributed by atoms with Crippen molar-refractivity contribution in [3.63, 3.8) is 0 Å². The van der Waals surface area contributed by atoms with Crippen LogP contribution in [0.25, 0.3) is 0 Å². The number of nitrogens with one attached hydrogen (secondary N) is 1. The average molecular weight is 280 g/mol. The van der Waals surface area contributed by atoms with Crippen molar-refractivity contribution in [2.75, 3.05) is 5.88 Å². The number of rotatable bonds is 4. The second kappa shape index (κ2) is 5.61. The van der Waals surface area contributed by atoms with Crippen LogP contribution in [0.3, 0.4) is 0 Å². The van der Waals surface area contributed by atoms with Crippen molar-refractivity contribution in [3.8, 4) is 0 Å². The van der Waals surface area contributed by atoms with Crippen LogP contribution in [0.15, 0.2) is 12.1 Å². The van der Waals surface area contributed by atoms with Gasteiger partial charge in [0.15, 0.2) is 0 Å². The number of carbonyl (C=O) groups excluding carboxylic acids is 1. The molecule has 18 heavy (non-hydrogen) atoms. The van der Waals surface area contributed by atoms with Gasteiger partial charge in [0.1, 0.15) is 23.0 Å². The van der Waals surface area contributed by atoms with Crippen LogP contribution < -0.4 is 5.32 Å². The molecule has 1 N–H and O–H groups in total. The van der Waals surface area contributed by atoms with E-state index >= 15 is 0 Å². The third kappa shape index (κ3) is 3.16. The van der Waals surface area contributed by atoms with E-state index in [0.29, 0.717) is 18.6 Å². The highest BCUT2D eigenvalue weighted by atomic mass is 35.5. The van der Waals surface area contributed by atoms with Crippen LogP contribution in [0.4, 0.5) is 13.2 Å². The Morgan fingerprint density at radius 3 is 2.22 bits per heavy atom. The van der Waals surface area contributed by atoms with Crippen LogP contribution in [0.1, 0.15) is 30.6 Å². The Kier molecular flexibility index (Phi) is 4.62. The average Bonchev–Trinajstić information content (AvgIpc) is 2.27. The fraction of sp³-hybridized carbons (Fsp3) is 0.417. The molecular weight excluding hydrogens is 267 g/mol. The molecular formula is C12H13ClF3NO. The molecule has 0 aliphatic heterocycles. The van der Waals surface area contributed by atoms with E-state index in [1.54, 1.807) is 13.8 Å². The fourth-order valence-electron chi connectivity index (χ4n) is 1.31. The quantitative estimate of drug-likeness (QED) is 0.842. The van der Waals surface area contributed by atoms with Crippen LogP contribution in [0.5, 0.6) is 0 Å². The second-order valence-electron chi connectivity index (χ2n) is 4.25. The maximum absolute atomic E-state index is 13.4. The summed E-state index contributed by atoms with van der Waals surface area (Å²) in [4.78, 5) is 11.8. The fourth-order valence-corrected chi connectivity index (χ4v) is 1.57. The van der Waals surface area contributed by atoms with Gasteiger partial charge in [-0.1, -0.05) is 6.92 Å². The predicted octanol–water partition coefficient (Wildman–Crippen LogP) is 3.24. The van der Waals surface area contributed by atoms with E-state index in [9.17, 15) is 18.0 Å². The largest absolute Gasteiger partial charge is 0.346 e. The zero-order chi connectivity index (χ0) is 13.9. The second-order valence-corrected chi connectivity index (χ2v) is 4.51. The molecule has 100 valence electrons. The van der Waals surface area contributed by atoms with Crippen LogP contribution in [0.2, 0.25) is 0 Å². The molecule has 1 amide bonds. The minimum Gasteiger partial charge on any atom is -0.346 e. The molecule has 0 saturated carbocycles. The Morgan fingerprint density at radius 2 is 1.83 bits per heavy atom. The summed E-state index contributed by atoms with van der Waals surface area (Å²) in [5.41, 5.74) is -1.58. The van der Waals surface area contributed by atoms with Crippen molar-refractivity contribution in [1.82, 2.24) is 5.32 Å². The lowest BCUT2D eigenvalue weighted by Gasteiger charge is -2.27. The number of alkyl halides is 1. The number of benzene rings is 1. The van der Waals surface area contributed by atoms with E-state index in [-0.39, 0.29) is 5.88 Å². The van der Waals surface area contributed by atoms with Crippen molar-refractivity contribution in [2.45, 2.75) is 25.8 Å². The number of hydrogen-bond acceptors (Lipinski definition) is 1. The molecule has 0 aromatic heterocycles. The first-order valence-electron chi connectivity index (χ1n) is 5.36. The molecule has 0 heterocycles. The molecule has 1 aromatic carbocycles. The van der Waals surface area contributed by atoms with Gasteiger partial charge in [0.25, 0.3) is 5.91 Å². The SMILES string of the molecule is CCC(C)(CCl)NC(=O)c1c(F)cc(F)cc1F. The monoisotopic (exact) mass is 279 g/mol. The highest BCUT2D eigenvalue weighted by Gasteiger charge is 2.27. The lowest BCUT2D eigenvalue weighted by molar-refractivity contribution is 0.0903.